The molecule has 0 aromatic heterocycles. The van der Waals surface area contributed by atoms with Crippen molar-refractivity contribution < 1.29 is 9.59 Å². The number of imide groups is 1. The maximum atomic E-state index is 12.8. The third-order valence-electron chi connectivity index (χ3n) is 5.09. The van der Waals surface area contributed by atoms with Gasteiger partial charge in [-0.25, -0.2) is 0 Å². The molecule has 124 valence electrons. The molecule has 0 aliphatic carbocycles. The number of hydrogen-bond acceptors (Lipinski definition) is 4. The molecule has 2 aliphatic rings. The minimum Gasteiger partial charge on any atom is -0.304 e. The average molecular weight is 323 g/mol. The second kappa shape index (κ2) is 6.00. The highest BCUT2D eigenvalue weighted by molar-refractivity contribution is 6.25. The van der Waals surface area contributed by atoms with E-state index in [0.29, 0.717) is 17.7 Å². The Hall–Kier alpha value is -2.24. The molecule has 2 aliphatic heterocycles. The predicted octanol–water partition coefficient (Wildman–Crippen LogP) is 1.68. The molecule has 0 N–H and O–H groups in total. The summed E-state index contributed by atoms with van der Waals surface area (Å²) in [5, 5.41) is 1.75. The van der Waals surface area contributed by atoms with Gasteiger partial charge in [-0.05, 0) is 24.6 Å². The van der Waals surface area contributed by atoms with E-state index < -0.39 is 0 Å². The highest BCUT2D eigenvalue weighted by Gasteiger charge is 2.32. The van der Waals surface area contributed by atoms with E-state index in [4.69, 9.17) is 0 Å². The maximum absolute atomic E-state index is 12.8. The third kappa shape index (κ3) is 2.50. The fraction of sp³-hybridized carbons (Fsp3) is 0.368. The number of piperazine rings is 1. The van der Waals surface area contributed by atoms with Crippen LogP contribution in [0, 0.1) is 0 Å². The molecule has 4 rings (SSSR count). The van der Waals surface area contributed by atoms with Gasteiger partial charge in [-0.15, -0.1) is 0 Å². The summed E-state index contributed by atoms with van der Waals surface area (Å²) in [5.74, 6) is -0.336. The number of hydrogen-bond donors (Lipinski definition) is 0. The van der Waals surface area contributed by atoms with Crippen LogP contribution in [0.25, 0.3) is 10.8 Å². The highest BCUT2D eigenvalue weighted by atomic mass is 16.2. The molecule has 2 aromatic carbocycles. The smallest absolute Gasteiger partial charge is 0.261 e. The van der Waals surface area contributed by atoms with Crippen molar-refractivity contribution in [1.29, 1.82) is 0 Å². The van der Waals surface area contributed by atoms with Crippen molar-refractivity contribution in [1.82, 2.24) is 14.7 Å². The third-order valence-corrected chi connectivity index (χ3v) is 5.09. The monoisotopic (exact) mass is 323 g/mol. The zero-order chi connectivity index (χ0) is 16.7. The van der Waals surface area contributed by atoms with Gasteiger partial charge >= 0.3 is 0 Å². The number of carbonyl (C=O) groups is 2. The van der Waals surface area contributed by atoms with Crippen LogP contribution in [-0.4, -0.2) is 72.8 Å². The van der Waals surface area contributed by atoms with Gasteiger partial charge < -0.3 is 4.90 Å². The predicted molar refractivity (Wildman–Crippen MR) is 93.3 cm³/mol. The van der Waals surface area contributed by atoms with Gasteiger partial charge in [0.2, 0.25) is 0 Å². The molecule has 0 spiro atoms. The first-order chi connectivity index (χ1) is 11.6. The summed E-state index contributed by atoms with van der Waals surface area (Å²) < 4.78 is 0. The van der Waals surface area contributed by atoms with Gasteiger partial charge in [0.1, 0.15) is 0 Å². The first kappa shape index (κ1) is 15.3. The van der Waals surface area contributed by atoms with Crippen LogP contribution < -0.4 is 0 Å². The summed E-state index contributed by atoms with van der Waals surface area (Å²) in [6.45, 7) is 5.22. The lowest BCUT2D eigenvalue weighted by Crippen LogP contribution is -2.49. The number of benzene rings is 2. The SMILES string of the molecule is CN1CCN(CCN2C(=O)c3cccc4cccc(c34)C2=O)CC1. The van der Waals surface area contributed by atoms with Crippen LogP contribution in [0.3, 0.4) is 0 Å². The van der Waals surface area contributed by atoms with Crippen molar-refractivity contribution in [2.75, 3.05) is 46.3 Å². The second-order valence-corrected chi connectivity index (χ2v) is 6.62. The van der Waals surface area contributed by atoms with E-state index in [2.05, 4.69) is 16.8 Å². The summed E-state index contributed by atoms with van der Waals surface area (Å²) in [6, 6.07) is 11.3. The van der Waals surface area contributed by atoms with Crippen LogP contribution in [0.2, 0.25) is 0 Å². The Morgan fingerprint density at radius 1 is 0.833 bits per heavy atom. The molecule has 0 saturated carbocycles. The zero-order valence-electron chi connectivity index (χ0n) is 13.9. The van der Waals surface area contributed by atoms with Gasteiger partial charge in [0.15, 0.2) is 0 Å². The standard InChI is InChI=1S/C19H21N3O2/c1-20-8-10-21(11-9-20)12-13-22-18(23)15-6-2-4-14-5-3-7-16(17(14)15)19(22)24/h2-7H,8-13H2,1H3. The van der Waals surface area contributed by atoms with Crippen LogP contribution in [0.4, 0.5) is 0 Å². The van der Waals surface area contributed by atoms with Gasteiger partial charge in [-0.1, -0.05) is 24.3 Å². The quantitative estimate of drug-likeness (QED) is 0.806. The van der Waals surface area contributed by atoms with Crippen LogP contribution >= 0.6 is 0 Å². The van der Waals surface area contributed by atoms with Crippen molar-refractivity contribution in [3.8, 4) is 0 Å². The summed E-state index contributed by atoms with van der Waals surface area (Å²) in [5.41, 5.74) is 1.28. The molecule has 5 heteroatoms. The van der Waals surface area contributed by atoms with Crippen molar-refractivity contribution in [2.45, 2.75) is 0 Å². The van der Waals surface area contributed by atoms with Crippen LogP contribution in [-0.2, 0) is 0 Å². The minimum atomic E-state index is -0.168. The number of nitrogens with zero attached hydrogens (tertiary/aromatic N) is 3. The topological polar surface area (TPSA) is 43.9 Å². The van der Waals surface area contributed by atoms with E-state index in [-0.39, 0.29) is 11.8 Å². The number of rotatable bonds is 3. The molecule has 2 aromatic rings. The molecule has 0 radical (unpaired) electrons. The van der Waals surface area contributed by atoms with Gasteiger partial charge in [0.25, 0.3) is 11.8 Å². The zero-order valence-corrected chi connectivity index (χ0v) is 13.9. The first-order valence-corrected chi connectivity index (χ1v) is 8.44. The van der Waals surface area contributed by atoms with Crippen LogP contribution in [0.1, 0.15) is 20.7 Å². The Bertz CT molecular complexity index is 759. The molecule has 5 nitrogen and oxygen atoms in total. The lowest BCUT2D eigenvalue weighted by Gasteiger charge is -2.34. The van der Waals surface area contributed by atoms with Gasteiger partial charge in [-0.2, -0.15) is 0 Å². The lowest BCUT2D eigenvalue weighted by atomic mass is 9.94. The maximum Gasteiger partial charge on any atom is 0.261 e. The molecule has 1 saturated heterocycles. The van der Waals surface area contributed by atoms with Gasteiger partial charge in [-0.3, -0.25) is 19.4 Å². The second-order valence-electron chi connectivity index (χ2n) is 6.62. The van der Waals surface area contributed by atoms with Gasteiger partial charge in [0, 0.05) is 55.8 Å². The molecule has 0 unspecified atom stereocenters. The van der Waals surface area contributed by atoms with Crippen molar-refractivity contribution >= 4 is 22.6 Å². The van der Waals surface area contributed by atoms with Crippen molar-refractivity contribution in [3.05, 3.63) is 47.5 Å². The van der Waals surface area contributed by atoms with E-state index >= 15 is 0 Å². The number of carbonyl (C=O) groups excluding carboxylic acids is 2. The van der Waals surface area contributed by atoms with Crippen molar-refractivity contribution in [2.24, 2.45) is 0 Å². The summed E-state index contributed by atoms with van der Waals surface area (Å²) in [4.78, 5) is 31.7. The van der Waals surface area contributed by atoms with Gasteiger partial charge in [0.05, 0.1) is 0 Å². The molecular formula is C19H21N3O2. The number of amides is 2. The van der Waals surface area contributed by atoms with Crippen molar-refractivity contribution in [3.63, 3.8) is 0 Å². The van der Waals surface area contributed by atoms with E-state index in [9.17, 15) is 9.59 Å². The Morgan fingerprint density at radius 3 is 2.00 bits per heavy atom. The lowest BCUT2D eigenvalue weighted by molar-refractivity contribution is 0.0578. The average Bonchev–Trinajstić information content (AvgIpc) is 2.61. The summed E-state index contributed by atoms with van der Waals surface area (Å²) in [6.07, 6.45) is 0. The Kier molecular flexibility index (Phi) is 3.82. The van der Waals surface area contributed by atoms with Crippen LogP contribution in [0.5, 0.6) is 0 Å². The first-order valence-electron chi connectivity index (χ1n) is 8.44. The van der Waals surface area contributed by atoms with E-state index in [1.54, 1.807) is 0 Å². The minimum absolute atomic E-state index is 0.168. The van der Waals surface area contributed by atoms with Crippen LogP contribution in [0.15, 0.2) is 36.4 Å². The summed E-state index contributed by atoms with van der Waals surface area (Å²) in [7, 11) is 2.12. The normalized spacial score (nSPS) is 19.3. The highest BCUT2D eigenvalue weighted by Crippen LogP contribution is 2.29. The summed E-state index contributed by atoms with van der Waals surface area (Å²) >= 11 is 0. The molecule has 24 heavy (non-hydrogen) atoms. The fourth-order valence-electron chi connectivity index (χ4n) is 3.60. The molecule has 2 heterocycles. The molecule has 1 fully saturated rings. The number of likely N-dealkylation sites (N-methyl/N-ethyl adjacent to an activating group) is 1. The van der Waals surface area contributed by atoms with E-state index in [0.717, 1.165) is 43.5 Å². The Morgan fingerprint density at radius 2 is 1.42 bits per heavy atom. The molecule has 0 bridgehead atoms. The Balaban J connectivity index is 1.58. The molecule has 2 amide bonds. The fourth-order valence-corrected chi connectivity index (χ4v) is 3.60. The Labute approximate surface area is 141 Å². The molecule has 0 atom stereocenters. The van der Waals surface area contributed by atoms with E-state index in [1.165, 1.54) is 4.90 Å². The van der Waals surface area contributed by atoms with E-state index in [1.807, 2.05) is 36.4 Å². The molecular weight excluding hydrogens is 302 g/mol. The largest absolute Gasteiger partial charge is 0.304 e.